The predicted octanol–water partition coefficient (Wildman–Crippen LogP) is 4.60. The molecule has 1 amide bonds. The van der Waals surface area contributed by atoms with Gasteiger partial charge in [-0.15, -0.1) is 11.3 Å². The Balaban J connectivity index is 1.27. The summed E-state index contributed by atoms with van der Waals surface area (Å²) in [6, 6.07) is 6.64. The van der Waals surface area contributed by atoms with Crippen molar-refractivity contribution in [3.05, 3.63) is 58.6 Å². The SMILES string of the molecule is Cc1ccc(S(=O)(=O)N2C(COC(=O)N3CCC(N4CC=CCC4)CC3)CCCC2c2nccs2)cc1. The third kappa shape index (κ3) is 5.92. The summed E-state index contributed by atoms with van der Waals surface area (Å²) in [7, 11) is -3.81. The van der Waals surface area contributed by atoms with Crippen molar-refractivity contribution in [2.24, 2.45) is 0 Å². The second kappa shape index (κ2) is 11.6. The van der Waals surface area contributed by atoms with Crippen LogP contribution >= 0.6 is 11.3 Å². The molecule has 2 fully saturated rings. The van der Waals surface area contributed by atoms with E-state index in [0.717, 1.165) is 49.3 Å². The van der Waals surface area contributed by atoms with Gasteiger partial charge in [-0.25, -0.2) is 18.2 Å². The quantitative estimate of drug-likeness (QED) is 0.495. The largest absolute Gasteiger partial charge is 0.448 e. The van der Waals surface area contributed by atoms with Crippen LogP contribution in [0.15, 0.2) is 52.9 Å². The van der Waals surface area contributed by atoms with Gasteiger partial charge in [0.2, 0.25) is 10.0 Å². The molecule has 8 nitrogen and oxygen atoms in total. The van der Waals surface area contributed by atoms with E-state index in [4.69, 9.17) is 4.74 Å². The summed E-state index contributed by atoms with van der Waals surface area (Å²) >= 11 is 1.47. The van der Waals surface area contributed by atoms with Crippen molar-refractivity contribution in [1.82, 2.24) is 19.1 Å². The fourth-order valence-corrected chi connectivity index (χ4v) is 8.36. The number of thiazole rings is 1. The van der Waals surface area contributed by atoms with Crippen LogP contribution in [0.3, 0.4) is 0 Å². The van der Waals surface area contributed by atoms with E-state index in [-0.39, 0.29) is 23.6 Å². The topological polar surface area (TPSA) is 83.0 Å². The summed E-state index contributed by atoms with van der Waals surface area (Å²) in [6.45, 7) is 5.39. The number of hydrogen-bond acceptors (Lipinski definition) is 7. The summed E-state index contributed by atoms with van der Waals surface area (Å²) in [4.78, 5) is 22.0. The number of aromatic nitrogens is 1. The first-order valence-corrected chi connectivity index (χ1v) is 15.6. The smallest absolute Gasteiger partial charge is 0.409 e. The third-order valence-corrected chi connectivity index (χ3v) is 10.6. The van der Waals surface area contributed by atoms with Crippen LogP contribution in [-0.4, -0.2) is 78.5 Å². The van der Waals surface area contributed by atoms with E-state index < -0.39 is 16.1 Å². The molecule has 0 saturated carbocycles. The highest BCUT2D eigenvalue weighted by atomic mass is 32.2. The lowest BCUT2D eigenvalue weighted by Gasteiger charge is -2.41. The molecule has 0 spiro atoms. The Labute approximate surface area is 224 Å². The van der Waals surface area contributed by atoms with Crippen LogP contribution in [0.1, 0.15) is 55.1 Å². The van der Waals surface area contributed by atoms with Crippen LogP contribution in [0.4, 0.5) is 4.79 Å². The Kier molecular flexibility index (Phi) is 8.28. The van der Waals surface area contributed by atoms with Gasteiger partial charge >= 0.3 is 6.09 Å². The number of nitrogens with zero attached hydrogens (tertiary/aromatic N) is 4. The number of ether oxygens (including phenoxy) is 1. The number of amides is 1. The molecule has 2 atom stereocenters. The Morgan fingerprint density at radius 3 is 2.54 bits per heavy atom. The van der Waals surface area contributed by atoms with Gasteiger partial charge in [-0.1, -0.05) is 29.8 Å². The first-order valence-electron chi connectivity index (χ1n) is 13.2. The number of sulfonamides is 1. The van der Waals surface area contributed by atoms with Gasteiger partial charge < -0.3 is 9.64 Å². The van der Waals surface area contributed by atoms with Crippen molar-refractivity contribution in [1.29, 1.82) is 0 Å². The number of aryl methyl sites for hydroxylation is 1. The number of carbonyl (C=O) groups is 1. The van der Waals surface area contributed by atoms with Crippen LogP contribution < -0.4 is 0 Å². The zero-order valence-corrected chi connectivity index (χ0v) is 23.0. The van der Waals surface area contributed by atoms with Gasteiger partial charge in [0.25, 0.3) is 0 Å². The van der Waals surface area contributed by atoms with E-state index in [9.17, 15) is 13.2 Å². The molecule has 200 valence electrons. The maximum absolute atomic E-state index is 13.9. The maximum Gasteiger partial charge on any atom is 0.409 e. The highest BCUT2D eigenvalue weighted by Crippen LogP contribution is 2.39. The lowest BCUT2D eigenvalue weighted by Crippen LogP contribution is -2.50. The molecule has 3 aliphatic heterocycles. The number of piperidine rings is 2. The lowest BCUT2D eigenvalue weighted by atomic mass is 9.99. The molecule has 37 heavy (non-hydrogen) atoms. The predicted molar refractivity (Wildman–Crippen MR) is 144 cm³/mol. The molecule has 1 aromatic heterocycles. The Morgan fingerprint density at radius 2 is 1.86 bits per heavy atom. The second-order valence-electron chi connectivity index (χ2n) is 10.2. The fourth-order valence-electron chi connectivity index (χ4n) is 5.70. The van der Waals surface area contributed by atoms with Crippen molar-refractivity contribution in [2.45, 2.75) is 68.5 Å². The van der Waals surface area contributed by atoms with Gasteiger partial charge in [0.1, 0.15) is 11.6 Å². The minimum atomic E-state index is -3.81. The summed E-state index contributed by atoms with van der Waals surface area (Å²) < 4.78 is 35.1. The van der Waals surface area contributed by atoms with Crippen molar-refractivity contribution >= 4 is 27.5 Å². The van der Waals surface area contributed by atoms with E-state index in [1.54, 1.807) is 27.5 Å². The Hall–Kier alpha value is -2.27. The Morgan fingerprint density at radius 1 is 1.08 bits per heavy atom. The molecule has 2 aromatic rings. The van der Waals surface area contributed by atoms with Crippen molar-refractivity contribution in [3.63, 3.8) is 0 Å². The number of hydrogen-bond donors (Lipinski definition) is 0. The summed E-state index contributed by atoms with van der Waals surface area (Å²) in [5.74, 6) is 0. The summed E-state index contributed by atoms with van der Waals surface area (Å²) in [6.07, 6.45) is 11.0. The zero-order valence-electron chi connectivity index (χ0n) is 21.4. The molecule has 5 rings (SSSR count). The monoisotopic (exact) mass is 544 g/mol. The van der Waals surface area contributed by atoms with Gasteiger partial charge in [-0.05, 0) is 57.6 Å². The standard InChI is InChI=1S/C27H36N4O4S2/c1-21-8-10-24(11-9-21)37(33,34)31-23(6-5-7-25(31)26-28-14-19-36-26)20-35-27(32)30-17-12-22(13-18-30)29-15-3-2-4-16-29/h2-3,8-11,14,19,22-23,25H,4-7,12-13,15-18,20H2,1H3. The van der Waals surface area contributed by atoms with Gasteiger partial charge in [-0.3, -0.25) is 4.90 Å². The van der Waals surface area contributed by atoms with Gasteiger partial charge in [-0.2, -0.15) is 4.31 Å². The second-order valence-corrected chi connectivity index (χ2v) is 12.9. The average Bonchev–Trinajstić information content (AvgIpc) is 3.47. The summed E-state index contributed by atoms with van der Waals surface area (Å²) in [5.41, 5.74) is 1.00. The van der Waals surface area contributed by atoms with E-state index in [1.165, 1.54) is 11.3 Å². The Bertz CT molecular complexity index is 1180. The highest BCUT2D eigenvalue weighted by molar-refractivity contribution is 7.89. The summed E-state index contributed by atoms with van der Waals surface area (Å²) in [5, 5.41) is 2.65. The highest BCUT2D eigenvalue weighted by Gasteiger charge is 2.42. The van der Waals surface area contributed by atoms with E-state index in [0.29, 0.717) is 32.0 Å². The molecule has 10 heteroatoms. The van der Waals surface area contributed by atoms with E-state index >= 15 is 0 Å². The van der Waals surface area contributed by atoms with Crippen LogP contribution in [-0.2, 0) is 14.8 Å². The van der Waals surface area contributed by atoms with Crippen LogP contribution in [0, 0.1) is 6.92 Å². The fraction of sp³-hybridized carbons (Fsp3) is 0.556. The number of benzene rings is 1. The molecular formula is C27H36N4O4S2. The number of carbonyl (C=O) groups excluding carboxylic acids is 1. The van der Waals surface area contributed by atoms with Crippen molar-refractivity contribution in [3.8, 4) is 0 Å². The zero-order chi connectivity index (χ0) is 25.8. The normalized spacial score (nSPS) is 24.3. The van der Waals surface area contributed by atoms with Gasteiger partial charge in [0, 0.05) is 43.8 Å². The lowest BCUT2D eigenvalue weighted by molar-refractivity contribution is 0.0484. The van der Waals surface area contributed by atoms with Gasteiger partial charge in [0.15, 0.2) is 0 Å². The van der Waals surface area contributed by atoms with E-state index in [1.807, 2.05) is 24.4 Å². The number of rotatable bonds is 6. The average molecular weight is 545 g/mol. The molecule has 0 aliphatic carbocycles. The molecule has 2 saturated heterocycles. The van der Waals surface area contributed by atoms with Gasteiger partial charge in [0.05, 0.1) is 17.0 Å². The minimum Gasteiger partial charge on any atom is -0.448 e. The molecule has 0 radical (unpaired) electrons. The van der Waals surface area contributed by atoms with Crippen LogP contribution in [0.2, 0.25) is 0 Å². The molecule has 4 heterocycles. The molecule has 2 unspecified atom stereocenters. The first kappa shape index (κ1) is 26.3. The van der Waals surface area contributed by atoms with Crippen molar-refractivity contribution in [2.75, 3.05) is 32.8 Å². The first-order chi connectivity index (χ1) is 17.9. The molecule has 1 aromatic carbocycles. The van der Waals surface area contributed by atoms with Crippen LogP contribution in [0.5, 0.6) is 0 Å². The molecule has 0 N–H and O–H groups in total. The number of likely N-dealkylation sites (tertiary alicyclic amines) is 1. The molecular weight excluding hydrogens is 508 g/mol. The minimum absolute atomic E-state index is 0.0443. The maximum atomic E-state index is 13.9. The van der Waals surface area contributed by atoms with E-state index in [2.05, 4.69) is 22.0 Å². The molecule has 0 bridgehead atoms. The third-order valence-electron chi connectivity index (χ3n) is 7.74. The van der Waals surface area contributed by atoms with Crippen molar-refractivity contribution < 1.29 is 17.9 Å². The molecule has 3 aliphatic rings. The van der Waals surface area contributed by atoms with Crippen LogP contribution in [0.25, 0.3) is 0 Å².